The third-order valence-electron chi connectivity index (χ3n) is 5.43. The van der Waals surface area contributed by atoms with Crippen LogP contribution in [0.25, 0.3) is 0 Å². The zero-order valence-corrected chi connectivity index (χ0v) is 16.8. The van der Waals surface area contributed by atoms with Gasteiger partial charge in [0.05, 0.1) is 25.8 Å². The predicted molar refractivity (Wildman–Crippen MR) is 107 cm³/mol. The molecule has 0 radical (unpaired) electrons. The summed E-state index contributed by atoms with van der Waals surface area (Å²) in [7, 11) is 0. The summed E-state index contributed by atoms with van der Waals surface area (Å²) in [6, 6.07) is 6.02. The summed E-state index contributed by atoms with van der Waals surface area (Å²) >= 11 is 0. The van der Waals surface area contributed by atoms with Crippen LogP contribution in [-0.2, 0) is 4.79 Å². The molecule has 150 valence electrons. The molecule has 3 rings (SSSR count). The van der Waals surface area contributed by atoms with E-state index in [4.69, 9.17) is 9.47 Å². The molecule has 2 aliphatic rings. The molecule has 1 atom stereocenters. The first-order chi connectivity index (χ1) is 13.1. The number of amides is 1. The van der Waals surface area contributed by atoms with Crippen molar-refractivity contribution in [2.24, 2.45) is 5.92 Å². The lowest BCUT2D eigenvalue weighted by Gasteiger charge is -2.27. The van der Waals surface area contributed by atoms with Crippen LogP contribution in [0, 0.1) is 5.92 Å². The molecular formula is C22H34N2O3. The molecule has 0 saturated carbocycles. The lowest BCUT2D eigenvalue weighted by Crippen LogP contribution is -2.41. The van der Waals surface area contributed by atoms with Crippen LogP contribution in [0.15, 0.2) is 18.2 Å². The van der Waals surface area contributed by atoms with Crippen LogP contribution in [0.1, 0.15) is 64.0 Å². The molecule has 1 aromatic carbocycles. The van der Waals surface area contributed by atoms with Gasteiger partial charge in [-0.2, -0.15) is 0 Å². The average Bonchev–Trinajstić information content (AvgIpc) is 2.86. The van der Waals surface area contributed by atoms with Crippen LogP contribution in [-0.4, -0.2) is 43.7 Å². The number of ether oxygens (including phenoxy) is 2. The first-order valence-electron chi connectivity index (χ1n) is 10.5. The molecule has 0 aromatic heterocycles. The van der Waals surface area contributed by atoms with Gasteiger partial charge in [0.1, 0.15) is 0 Å². The molecule has 27 heavy (non-hydrogen) atoms. The Morgan fingerprint density at radius 3 is 2.37 bits per heavy atom. The van der Waals surface area contributed by atoms with Gasteiger partial charge in [-0.1, -0.05) is 39.2 Å². The molecular weight excluding hydrogens is 340 g/mol. The highest BCUT2D eigenvalue weighted by atomic mass is 16.5. The second kappa shape index (κ2) is 9.98. The van der Waals surface area contributed by atoms with E-state index in [0.717, 1.165) is 36.6 Å². The fraction of sp³-hybridized carbons (Fsp3) is 0.682. The van der Waals surface area contributed by atoms with Gasteiger partial charge in [-0.25, -0.2) is 0 Å². The summed E-state index contributed by atoms with van der Waals surface area (Å²) in [6.45, 7) is 8.20. The van der Waals surface area contributed by atoms with Gasteiger partial charge in [0.15, 0.2) is 11.5 Å². The lowest BCUT2D eigenvalue weighted by atomic mass is 9.95. The van der Waals surface area contributed by atoms with Crippen molar-refractivity contribution < 1.29 is 14.3 Å². The van der Waals surface area contributed by atoms with Gasteiger partial charge >= 0.3 is 0 Å². The van der Waals surface area contributed by atoms with Gasteiger partial charge in [-0.3, -0.25) is 9.69 Å². The molecule has 5 nitrogen and oxygen atoms in total. The molecule has 1 aromatic rings. The van der Waals surface area contributed by atoms with E-state index in [1.807, 2.05) is 12.1 Å². The van der Waals surface area contributed by atoms with Gasteiger partial charge < -0.3 is 14.8 Å². The monoisotopic (exact) mass is 374 g/mol. The smallest absolute Gasteiger partial charge is 0.234 e. The third kappa shape index (κ3) is 5.86. The highest BCUT2D eigenvalue weighted by Crippen LogP contribution is 2.34. The maximum atomic E-state index is 12.7. The number of nitrogens with one attached hydrogen (secondary N) is 1. The third-order valence-corrected chi connectivity index (χ3v) is 5.43. The van der Waals surface area contributed by atoms with Crippen molar-refractivity contribution in [1.29, 1.82) is 0 Å². The van der Waals surface area contributed by atoms with Gasteiger partial charge in [0, 0.05) is 6.42 Å². The van der Waals surface area contributed by atoms with Crippen LogP contribution >= 0.6 is 0 Å². The van der Waals surface area contributed by atoms with Crippen LogP contribution in [0.2, 0.25) is 0 Å². The second-order valence-corrected chi connectivity index (χ2v) is 8.09. The summed E-state index contributed by atoms with van der Waals surface area (Å²) in [6.07, 6.45) is 7.18. The van der Waals surface area contributed by atoms with Crippen molar-refractivity contribution >= 4 is 5.91 Å². The Kier molecular flexibility index (Phi) is 7.39. The number of hydrogen-bond acceptors (Lipinski definition) is 4. The van der Waals surface area contributed by atoms with Gasteiger partial charge in [-0.15, -0.1) is 0 Å². The van der Waals surface area contributed by atoms with E-state index in [1.54, 1.807) is 0 Å². The zero-order chi connectivity index (χ0) is 19.1. The number of likely N-dealkylation sites (tertiary alicyclic amines) is 1. The van der Waals surface area contributed by atoms with Crippen molar-refractivity contribution in [3.8, 4) is 11.5 Å². The largest absolute Gasteiger partial charge is 0.490 e. The Labute approximate surface area is 163 Å². The van der Waals surface area contributed by atoms with Crippen molar-refractivity contribution in [2.45, 2.75) is 58.4 Å². The number of rotatable bonds is 5. The van der Waals surface area contributed by atoms with E-state index >= 15 is 0 Å². The molecule has 2 aliphatic heterocycles. The quantitative estimate of drug-likeness (QED) is 0.848. The van der Waals surface area contributed by atoms with Crippen LogP contribution in [0.3, 0.4) is 0 Å². The topological polar surface area (TPSA) is 50.8 Å². The van der Waals surface area contributed by atoms with E-state index in [2.05, 4.69) is 30.1 Å². The fourth-order valence-electron chi connectivity index (χ4n) is 3.90. The van der Waals surface area contributed by atoms with Crippen molar-refractivity contribution in [3.63, 3.8) is 0 Å². The SMILES string of the molecule is CC(C)[C@H](NC(=O)CN1CCCCCCC1)c1ccc2c(c1)OCCCO2. The normalized spacial score (nSPS) is 19.7. The minimum atomic E-state index is -0.0237. The van der Waals surface area contributed by atoms with Crippen LogP contribution in [0.4, 0.5) is 0 Å². The Morgan fingerprint density at radius 2 is 1.67 bits per heavy atom. The van der Waals surface area contributed by atoms with Crippen molar-refractivity contribution in [1.82, 2.24) is 10.2 Å². The summed E-state index contributed by atoms with van der Waals surface area (Å²) in [5.41, 5.74) is 1.08. The number of hydrogen-bond donors (Lipinski definition) is 1. The lowest BCUT2D eigenvalue weighted by molar-refractivity contribution is -0.123. The summed E-state index contributed by atoms with van der Waals surface area (Å²) in [4.78, 5) is 15.0. The number of benzene rings is 1. The summed E-state index contributed by atoms with van der Waals surface area (Å²) < 4.78 is 11.6. The van der Waals surface area contributed by atoms with Crippen molar-refractivity contribution in [3.05, 3.63) is 23.8 Å². The maximum Gasteiger partial charge on any atom is 0.234 e. The standard InChI is InChI=1S/C22H34N2O3/c1-17(2)22(18-9-10-19-20(15-18)27-14-8-13-26-19)23-21(25)16-24-11-6-4-3-5-7-12-24/h9-10,15,17,22H,3-8,11-14,16H2,1-2H3,(H,23,25)/t22-/m0/s1. The van der Waals surface area contributed by atoms with Crippen LogP contribution in [0.5, 0.6) is 11.5 Å². The predicted octanol–water partition coefficient (Wildman–Crippen LogP) is 3.93. The molecule has 0 unspecified atom stereocenters. The molecule has 2 heterocycles. The molecule has 1 saturated heterocycles. The number of carbonyl (C=O) groups is 1. The molecule has 0 spiro atoms. The molecule has 5 heteroatoms. The number of carbonyl (C=O) groups excluding carboxylic acids is 1. The molecule has 0 aliphatic carbocycles. The van der Waals surface area contributed by atoms with Gasteiger partial charge in [-0.05, 0) is 49.5 Å². The second-order valence-electron chi connectivity index (χ2n) is 8.09. The highest BCUT2D eigenvalue weighted by molar-refractivity contribution is 5.78. The zero-order valence-electron chi connectivity index (χ0n) is 16.8. The fourth-order valence-corrected chi connectivity index (χ4v) is 3.90. The maximum absolute atomic E-state index is 12.7. The Hall–Kier alpha value is -1.75. The number of nitrogens with zero attached hydrogens (tertiary/aromatic N) is 1. The van der Waals surface area contributed by atoms with Gasteiger partial charge in [0.2, 0.25) is 5.91 Å². The minimum Gasteiger partial charge on any atom is -0.490 e. The summed E-state index contributed by atoms with van der Waals surface area (Å²) in [5.74, 6) is 1.99. The first kappa shape index (κ1) is 20.0. The average molecular weight is 375 g/mol. The molecule has 1 amide bonds. The highest BCUT2D eigenvalue weighted by Gasteiger charge is 2.22. The molecule has 1 N–H and O–H groups in total. The van der Waals surface area contributed by atoms with E-state index in [-0.39, 0.29) is 11.9 Å². The Bertz CT molecular complexity index is 610. The molecule has 0 bridgehead atoms. The van der Waals surface area contributed by atoms with E-state index in [1.165, 1.54) is 32.1 Å². The molecule has 1 fully saturated rings. The van der Waals surface area contributed by atoms with E-state index in [9.17, 15) is 4.79 Å². The van der Waals surface area contributed by atoms with Crippen LogP contribution < -0.4 is 14.8 Å². The number of fused-ring (bicyclic) bond motifs is 1. The Balaban J connectivity index is 1.64. The van der Waals surface area contributed by atoms with Crippen molar-refractivity contribution in [2.75, 3.05) is 32.8 Å². The van der Waals surface area contributed by atoms with Gasteiger partial charge in [0.25, 0.3) is 0 Å². The first-order valence-corrected chi connectivity index (χ1v) is 10.5. The van der Waals surface area contributed by atoms with E-state index < -0.39 is 0 Å². The minimum absolute atomic E-state index is 0.0237. The Morgan fingerprint density at radius 1 is 1.00 bits per heavy atom. The summed E-state index contributed by atoms with van der Waals surface area (Å²) in [5, 5.41) is 3.26. The van der Waals surface area contributed by atoms with E-state index in [0.29, 0.717) is 25.7 Å².